The largest absolute Gasteiger partial charge is 0.371 e. The van der Waals surface area contributed by atoms with Gasteiger partial charge in [-0.15, -0.1) is 12.4 Å². The predicted molar refractivity (Wildman–Crippen MR) is 104 cm³/mol. The van der Waals surface area contributed by atoms with Crippen molar-refractivity contribution in [3.8, 4) is 0 Å². The molecule has 1 aromatic carbocycles. The second kappa shape index (κ2) is 7.63. The summed E-state index contributed by atoms with van der Waals surface area (Å²) in [7, 11) is 0. The number of para-hydroxylation sites is 1. The Morgan fingerprint density at radius 2 is 1.96 bits per heavy atom. The Hall–Kier alpha value is -0.770. The van der Waals surface area contributed by atoms with E-state index in [2.05, 4.69) is 46.3 Å². The molecule has 1 N–H and O–H groups in total. The monoisotopic (exact) mass is 349 g/mol. The summed E-state index contributed by atoms with van der Waals surface area (Å²) in [6.07, 6.45) is 5.34. The first kappa shape index (κ1) is 18.0. The number of nitrogens with zero attached hydrogens (tertiary/aromatic N) is 2. The van der Waals surface area contributed by atoms with Crippen LogP contribution < -0.4 is 10.2 Å². The lowest BCUT2D eigenvalue weighted by Crippen LogP contribution is -2.43. The molecular weight excluding hydrogens is 318 g/mol. The van der Waals surface area contributed by atoms with Gasteiger partial charge in [-0.1, -0.05) is 25.1 Å². The summed E-state index contributed by atoms with van der Waals surface area (Å²) in [6, 6.07) is 8.98. The maximum Gasteiger partial charge on any atom is 0.0399 e. The number of nitrogens with one attached hydrogen (secondary N) is 1. The van der Waals surface area contributed by atoms with Crippen molar-refractivity contribution < 1.29 is 0 Å². The first-order valence-electron chi connectivity index (χ1n) is 9.48. The van der Waals surface area contributed by atoms with Gasteiger partial charge in [0.2, 0.25) is 0 Å². The van der Waals surface area contributed by atoms with Crippen molar-refractivity contribution in [2.45, 2.75) is 32.6 Å². The molecule has 2 fully saturated rings. The van der Waals surface area contributed by atoms with Gasteiger partial charge in [-0.2, -0.15) is 0 Å². The van der Waals surface area contributed by atoms with E-state index in [4.69, 9.17) is 0 Å². The van der Waals surface area contributed by atoms with E-state index < -0.39 is 0 Å². The number of hydrogen-bond donors (Lipinski definition) is 1. The van der Waals surface area contributed by atoms with E-state index in [9.17, 15) is 0 Å². The van der Waals surface area contributed by atoms with Crippen LogP contribution in [0.3, 0.4) is 0 Å². The van der Waals surface area contributed by atoms with Crippen molar-refractivity contribution in [3.63, 3.8) is 0 Å². The standard InChI is InChI=1S/C20H31N3.ClH/c1-20(9-10-21-15-20)16-22-11-6-17(7-12-22)14-23-13-8-18-4-2-3-5-19(18)23;/h2-5,17,21H,6-16H2,1H3;1H. The normalized spacial score (nSPS) is 28.0. The van der Waals surface area contributed by atoms with Crippen LogP contribution in [0.25, 0.3) is 0 Å². The van der Waals surface area contributed by atoms with Crippen molar-refractivity contribution >= 4 is 18.1 Å². The molecule has 4 heteroatoms. The van der Waals surface area contributed by atoms with Crippen LogP contribution >= 0.6 is 12.4 Å². The summed E-state index contributed by atoms with van der Waals surface area (Å²) in [5, 5.41) is 3.54. The highest BCUT2D eigenvalue weighted by Gasteiger charge is 2.32. The molecule has 0 amide bonds. The van der Waals surface area contributed by atoms with Gasteiger partial charge in [-0.3, -0.25) is 0 Å². The van der Waals surface area contributed by atoms with Gasteiger partial charge in [-0.25, -0.2) is 0 Å². The van der Waals surface area contributed by atoms with Gasteiger partial charge in [0.1, 0.15) is 0 Å². The van der Waals surface area contributed by atoms with Gasteiger partial charge in [0, 0.05) is 31.9 Å². The summed E-state index contributed by atoms with van der Waals surface area (Å²) >= 11 is 0. The first-order valence-corrected chi connectivity index (χ1v) is 9.48. The van der Waals surface area contributed by atoms with Crippen LogP contribution in [0.15, 0.2) is 24.3 Å². The van der Waals surface area contributed by atoms with Gasteiger partial charge in [0.05, 0.1) is 0 Å². The number of hydrogen-bond acceptors (Lipinski definition) is 3. The molecule has 0 aliphatic carbocycles. The molecule has 3 heterocycles. The van der Waals surface area contributed by atoms with Crippen molar-refractivity contribution in [1.82, 2.24) is 10.2 Å². The number of rotatable bonds is 4. The molecule has 3 aliphatic heterocycles. The molecule has 4 rings (SSSR count). The highest BCUT2D eigenvalue weighted by atomic mass is 35.5. The molecule has 3 nitrogen and oxygen atoms in total. The van der Waals surface area contributed by atoms with E-state index in [1.54, 1.807) is 5.56 Å². The third kappa shape index (κ3) is 3.89. The van der Waals surface area contributed by atoms with Crippen molar-refractivity contribution in [3.05, 3.63) is 29.8 Å². The molecule has 0 bridgehead atoms. The number of likely N-dealkylation sites (tertiary alicyclic amines) is 1. The molecule has 1 atom stereocenters. The van der Waals surface area contributed by atoms with Crippen LogP contribution in [-0.2, 0) is 6.42 Å². The summed E-state index contributed by atoms with van der Waals surface area (Å²) in [6.45, 7) is 11.3. The number of benzene rings is 1. The molecule has 134 valence electrons. The third-order valence-electron chi connectivity index (χ3n) is 6.23. The van der Waals surface area contributed by atoms with Crippen LogP contribution in [0, 0.1) is 11.3 Å². The van der Waals surface area contributed by atoms with Crippen LogP contribution in [-0.4, -0.2) is 50.7 Å². The molecule has 2 saturated heterocycles. The molecule has 3 aliphatic rings. The molecule has 0 radical (unpaired) electrons. The van der Waals surface area contributed by atoms with Crippen molar-refractivity contribution in [2.24, 2.45) is 11.3 Å². The number of piperidine rings is 1. The van der Waals surface area contributed by atoms with Gasteiger partial charge in [-0.05, 0) is 68.3 Å². The lowest BCUT2D eigenvalue weighted by Gasteiger charge is -2.38. The summed E-state index contributed by atoms with van der Waals surface area (Å²) in [5.74, 6) is 0.881. The fraction of sp³-hybridized carbons (Fsp3) is 0.700. The average Bonchev–Trinajstić information content (AvgIpc) is 3.17. The minimum absolute atomic E-state index is 0. The summed E-state index contributed by atoms with van der Waals surface area (Å²) in [4.78, 5) is 5.36. The highest BCUT2D eigenvalue weighted by Crippen LogP contribution is 2.31. The van der Waals surface area contributed by atoms with Crippen LogP contribution in [0.1, 0.15) is 31.7 Å². The van der Waals surface area contributed by atoms with Crippen LogP contribution in [0.5, 0.6) is 0 Å². The van der Waals surface area contributed by atoms with Crippen molar-refractivity contribution in [2.75, 3.05) is 50.7 Å². The molecule has 24 heavy (non-hydrogen) atoms. The molecule has 0 aromatic heterocycles. The maximum absolute atomic E-state index is 3.54. The van der Waals surface area contributed by atoms with Gasteiger partial charge < -0.3 is 15.1 Å². The quantitative estimate of drug-likeness (QED) is 0.900. The molecule has 1 unspecified atom stereocenters. The number of halogens is 1. The Labute approximate surface area is 153 Å². The summed E-state index contributed by atoms with van der Waals surface area (Å²) < 4.78 is 0. The second-order valence-electron chi connectivity index (χ2n) is 8.28. The molecular formula is C20H32ClN3. The molecule has 0 saturated carbocycles. The average molecular weight is 350 g/mol. The Morgan fingerprint density at radius 1 is 1.17 bits per heavy atom. The van der Waals surface area contributed by atoms with E-state index >= 15 is 0 Å². The van der Waals surface area contributed by atoms with Gasteiger partial charge >= 0.3 is 0 Å². The van der Waals surface area contributed by atoms with Crippen molar-refractivity contribution in [1.29, 1.82) is 0 Å². The Morgan fingerprint density at radius 3 is 2.71 bits per heavy atom. The third-order valence-corrected chi connectivity index (χ3v) is 6.23. The van der Waals surface area contributed by atoms with Gasteiger partial charge in [0.15, 0.2) is 0 Å². The smallest absolute Gasteiger partial charge is 0.0399 e. The van der Waals surface area contributed by atoms with E-state index in [1.165, 1.54) is 77.2 Å². The zero-order chi connectivity index (χ0) is 15.7. The zero-order valence-electron chi connectivity index (χ0n) is 15.0. The van der Waals surface area contributed by atoms with E-state index in [0.29, 0.717) is 5.41 Å². The molecule has 0 spiro atoms. The Bertz CT molecular complexity index is 533. The topological polar surface area (TPSA) is 18.5 Å². The fourth-order valence-corrected chi connectivity index (χ4v) is 4.78. The Kier molecular flexibility index (Phi) is 5.74. The van der Waals surface area contributed by atoms with E-state index in [0.717, 1.165) is 5.92 Å². The highest BCUT2D eigenvalue weighted by molar-refractivity contribution is 5.85. The second-order valence-corrected chi connectivity index (χ2v) is 8.28. The predicted octanol–water partition coefficient (Wildman–Crippen LogP) is 3.18. The molecule has 1 aromatic rings. The SMILES string of the molecule is CC1(CN2CCC(CN3CCc4ccccc43)CC2)CCNC1.Cl. The van der Waals surface area contributed by atoms with E-state index in [1.807, 2.05) is 0 Å². The minimum atomic E-state index is 0. The van der Waals surface area contributed by atoms with E-state index in [-0.39, 0.29) is 12.4 Å². The van der Waals surface area contributed by atoms with Crippen LogP contribution in [0.2, 0.25) is 0 Å². The Balaban J connectivity index is 0.00000169. The lowest BCUT2D eigenvalue weighted by molar-refractivity contribution is 0.130. The first-order chi connectivity index (χ1) is 11.2. The van der Waals surface area contributed by atoms with Crippen LogP contribution in [0.4, 0.5) is 5.69 Å². The fourth-order valence-electron chi connectivity index (χ4n) is 4.78. The zero-order valence-corrected chi connectivity index (χ0v) is 15.8. The number of anilines is 1. The maximum atomic E-state index is 3.54. The minimum Gasteiger partial charge on any atom is -0.371 e. The summed E-state index contributed by atoms with van der Waals surface area (Å²) in [5.41, 5.74) is 3.56. The number of fused-ring (bicyclic) bond motifs is 1. The van der Waals surface area contributed by atoms with Gasteiger partial charge in [0.25, 0.3) is 0 Å². The lowest BCUT2D eigenvalue weighted by atomic mass is 9.87.